The molecule has 21 nitrogen and oxygen atoms in total. The van der Waals surface area contributed by atoms with Gasteiger partial charge in [0.2, 0.25) is 47.6 Å². The minimum Gasteiger partial charge on any atom is -0.481 e. The largest absolute Gasteiger partial charge is 0.481 e. The van der Waals surface area contributed by atoms with Crippen molar-refractivity contribution in [1.82, 2.24) is 31.9 Å². The van der Waals surface area contributed by atoms with E-state index in [-0.39, 0.29) is 44.6 Å². The minimum atomic E-state index is -1.70. The molecule has 0 spiro atoms. The van der Waals surface area contributed by atoms with Crippen molar-refractivity contribution < 1.29 is 58.5 Å². The number of carbonyl (C=O) groups excluding carboxylic acids is 8. The highest BCUT2D eigenvalue weighted by Gasteiger charge is 2.34. The van der Waals surface area contributed by atoms with Crippen molar-refractivity contribution in [3.63, 3.8) is 0 Å². The van der Waals surface area contributed by atoms with Gasteiger partial charge in [-0.1, -0.05) is 13.8 Å². The molecule has 0 rings (SSSR count). The van der Waals surface area contributed by atoms with E-state index in [9.17, 15) is 53.4 Å². The van der Waals surface area contributed by atoms with Crippen LogP contribution in [0.2, 0.25) is 0 Å². The third-order valence-corrected chi connectivity index (χ3v) is 8.31. The maximum atomic E-state index is 13.5. The van der Waals surface area contributed by atoms with E-state index in [4.69, 9.17) is 22.3 Å². The zero-order valence-electron chi connectivity index (χ0n) is 30.8. The highest BCUT2D eigenvalue weighted by Crippen LogP contribution is 2.09. The average molecular weight is 791 g/mol. The number of hydrogen-bond donors (Lipinski definition) is 12. The SMILES string of the molecule is CSCC[C@@H]([C]=O)NC(=O)[C@H](CCC(N)=O)NC(=O)[C@H](CCCCN)NC(=O)[C@H](CO)NC(=O)[C@H](CC(C)C)NC(=O)[C@H](CC(=O)O)NC(=O)[C@@H](N)CO. The number of hydrogen-bond acceptors (Lipinski definition) is 14. The van der Waals surface area contributed by atoms with Gasteiger partial charge in [0.05, 0.1) is 25.7 Å². The first-order valence-electron chi connectivity index (χ1n) is 17.3. The van der Waals surface area contributed by atoms with Crippen LogP contribution >= 0.6 is 11.8 Å². The molecule has 7 atom stereocenters. The van der Waals surface area contributed by atoms with Gasteiger partial charge < -0.3 is 64.4 Å². The first kappa shape index (κ1) is 49.6. The standard InChI is InChI=1S/C32H56N9O12S/c1-17(2)12-22(40-31(52)23(13-26(46)47)39-27(48)19(34)15-43)30(51)41-24(16-44)32(53)37-20(6-4-5-10-33)29(50)38-21(7-8-25(35)45)28(49)36-18(14-42)9-11-54-3/h17-24,43-44H,4-13,15-16,33-34H2,1-3H3,(H2,35,45)(H,36,49)(H,37,53)(H,38,50)(H,39,48)(H,40,52)(H,41,51)(H,46,47)/t18-,19-,20-,21-,22-,23-,24-/m0/s1. The molecular weight excluding hydrogens is 734 g/mol. The van der Waals surface area contributed by atoms with Crippen LogP contribution < -0.4 is 49.1 Å². The molecule has 0 aliphatic carbocycles. The summed E-state index contributed by atoms with van der Waals surface area (Å²) in [5.74, 6) is -7.78. The number of aliphatic hydroxyl groups excluding tert-OH is 2. The predicted octanol–water partition coefficient (Wildman–Crippen LogP) is -5.01. The molecule has 0 bridgehead atoms. The number of carboxylic acid groups (broad SMARTS) is 1. The molecule has 0 aromatic rings. The first-order chi connectivity index (χ1) is 25.4. The van der Waals surface area contributed by atoms with Gasteiger partial charge >= 0.3 is 5.97 Å². The molecule has 0 aromatic carbocycles. The predicted molar refractivity (Wildman–Crippen MR) is 195 cm³/mol. The van der Waals surface area contributed by atoms with Crippen LogP contribution in [-0.2, 0) is 43.2 Å². The fourth-order valence-corrected chi connectivity index (χ4v) is 5.19. The van der Waals surface area contributed by atoms with Crippen molar-refractivity contribution >= 4 is 65.4 Å². The zero-order valence-corrected chi connectivity index (χ0v) is 31.6. The number of aliphatic hydroxyl groups is 2. The Hall–Kier alpha value is -4.38. The molecule has 307 valence electrons. The lowest BCUT2D eigenvalue weighted by Crippen LogP contribution is -2.60. The normalized spacial score (nSPS) is 14.9. The number of unbranched alkanes of at least 4 members (excludes halogenated alkanes) is 1. The van der Waals surface area contributed by atoms with Crippen LogP contribution in [0.4, 0.5) is 0 Å². The van der Waals surface area contributed by atoms with E-state index in [1.165, 1.54) is 11.8 Å². The van der Waals surface area contributed by atoms with E-state index in [2.05, 4.69) is 31.9 Å². The first-order valence-corrected chi connectivity index (χ1v) is 18.7. The van der Waals surface area contributed by atoms with Gasteiger partial charge in [-0.25, -0.2) is 0 Å². The molecule has 0 unspecified atom stereocenters. The van der Waals surface area contributed by atoms with Gasteiger partial charge in [0.25, 0.3) is 0 Å². The van der Waals surface area contributed by atoms with Gasteiger partial charge in [0.15, 0.2) is 0 Å². The van der Waals surface area contributed by atoms with Crippen molar-refractivity contribution in [2.24, 2.45) is 23.1 Å². The third-order valence-electron chi connectivity index (χ3n) is 7.66. The molecular formula is C32H56N9O12S. The molecule has 0 saturated heterocycles. The quantitative estimate of drug-likeness (QED) is 0.0316. The van der Waals surface area contributed by atoms with Crippen LogP contribution in [0.1, 0.15) is 65.2 Å². The fourth-order valence-electron chi connectivity index (χ4n) is 4.72. The Balaban J connectivity index is 6.13. The van der Waals surface area contributed by atoms with Crippen LogP contribution in [0, 0.1) is 5.92 Å². The molecule has 15 N–H and O–H groups in total. The Morgan fingerprint density at radius 1 is 0.685 bits per heavy atom. The zero-order chi connectivity index (χ0) is 41.4. The number of carbonyl (C=O) groups is 8. The second kappa shape index (κ2) is 27.2. The highest BCUT2D eigenvalue weighted by molar-refractivity contribution is 7.98. The van der Waals surface area contributed by atoms with Gasteiger partial charge in [-0.05, 0) is 63.0 Å². The summed E-state index contributed by atoms with van der Waals surface area (Å²) >= 11 is 1.43. The number of amides is 7. The van der Waals surface area contributed by atoms with Crippen molar-refractivity contribution in [2.75, 3.05) is 31.8 Å². The number of nitrogens with two attached hydrogens (primary N) is 3. The molecule has 7 amide bonds. The van der Waals surface area contributed by atoms with E-state index >= 15 is 0 Å². The van der Waals surface area contributed by atoms with Gasteiger partial charge in [0.1, 0.15) is 36.3 Å². The Bertz CT molecular complexity index is 1280. The van der Waals surface area contributed by atoms with Crippen LogP contribution in [0.3, 0.4) is 0 Å². The Morgan fingerprint density at radius 3 is 1.69 bits per heavy atom. The minimum absolute atomic E-state index is 0.00779. The van der Waals surface area contributed by atoms with E-state index in [1.54, 1.807) is 26.4 Å². The van der Waals surface area contributed by atoms with Crippen molar-refractivity contribution in [1.29, 1.82) is 0 Å². The lowest BCUT2D eigenvalue weighted by Gasteiger charge is -2.27. The van der Waals surface area contributed by atoms with E-state index in [0.29, 0.717) is 18.6 Å². The second-order valence-corrected chi connectivity index (χ2v) is 13.7. The van der Waals surface area contributed by atoms with Crippen molar-refractivity contribution in [3.05, 3.63) is 0 Å². The van der Waals surface area contributed by atoms with E-state index < -0.39 is 109 Å². The molecule has 0 fully saturated rings. The molecule has 54 heavy (non-hydrogen) atoms. The number of rotatable bonds is 29. The smallest absolute Gasteiger partial charge is 0.305 e. The number of primary amides is 1. The van der Waals surface area contributed by atoms with E-state index in [0.717, 1.165) is 0 Å². The summed E-state index contributed by atoms with van der Waals surface area (Å²) in [6.45, 7) is 1.87. The molecule has 0 aliphatic rings. The summed E-state index contributed by atoms with van der Waals surface area (Å²) in [6, 6.07) is -9.95. The highest BCUT2D eigenvalue weighted by atomic mass is 32.2. The third kappa shape index (κ3) is 20.2. The number of thioether (sulfide) groups is 1. The molecule has 1 radical (unpaired) electrons. The lowest BCUT2D eigenvalue weighted by molar-refractivity contribution is -0.141. The van der Waals surface area contributed by atoms with Crippen molar-refractivity contribution in [3.8, 4) is 0 Å². The summed E-state index contributed by atoms with van der Waals surface area (Å²) in [4.78, 5) is 113. The Labute approximate surface area is 317 Å². The number of nitrogens with one attached hydrogen (secondary N) is 6. The van der Waals surface area contributed by atoms with Crippen molar-refractivity contribution in [2.45, 2.75) is 108 Å². The number of carboxylic acids is 1. The van der Waals surface area contributed by atoms with Crippen LogP contribution in [0.25, 0.3) is 0 Å². The molecule has 0 heterocycles. The maximum Gasteiger partial charge on any atom is 0.305 e. The molecule has 22 heteroatoms. The fraction of sp³-hybridized carbons (Fsp3) is 0.719. The van der Waals surface area contributed by atoms with E-state index in [1.807, 2.05) is 0 Å². The summed E-state index contributed by atoms with van der Waals surface area (Å²) in [5, 5.41) is 42.6. The molecule has 0 aliphatic heterocycles. The summed E-state index contributed by atoms with van der Waals surface area (Å²) < 4.78 is 0. The van der Waals surface area contributed by atoms with Gasteiger partial charge in [-0.3, -0.25) is 43.2 Å². The average Bonchev–Trinajstić information content (AvgIpc) is 3.11. The lowest BCUT2D eigenvalue weighted by atomic mass is 10.0. The summed E-state index contributed by atoms with van der Waals surface area (Å²) in [5.41, 5.74) is 16.3. The topological polar surface area (TPSA) is 365 Å². The number of aliphatic carboxylic acids is 1. The second-order valence-electron chi connectivity index (χ2n) is 12.8. The monoisotopic (exact) mass is 790 g/mol. The molecule has 0 aromatic heterocycles. The van der Waals surface area contributed by atoms with Crippen LogP contribution in [0.5, 0.6) is 0 Å². The Kier molecular flexibility index (Phi) is 25.0. The molecule has 0 saturated carbocycles. The Morgan fingerprint density at radius 2 is 1.19 bits per heavy atom. The van der Waals surface area contributed by atoms with Crippen LogP contribution in [0.15, 0.2) is 0 Å². The van der Waals surface area contributed by atoms with Gasteiger partial charge in [0, 0.05) is 6.42 Å². The summed E-state index contributed by atoms with van der Waals surface area (Å²) in [6.07, 6.45) is 3.01. The van der Waals surface area contributed by atoms with Gasteiger partial charge in [-0.15, -0.1) is 0 Å². The maximum absolute atomic E-state index is 13.5. The summed E-state index contributed by atoms with van der Waals surface area (Å²) in [7, 11) is 0. The van der Waals surface area contributed by atoms with Gasteiger partial charge in [-0.2, -0.15) is 11.8 Å². The van der Waals surface area contributed by atoms with Crippen LogP contribution in [-0.4, -0.2) is 143 Å².